The second-order valence-corrected chi connectivity index (χ2v) is 5.09. The number of ether oxygens (including phenoxy) is 1. The highest BCUT2D eigenvalue weighted by molar-refractivity contribution is 6.31. The van der Waals surface area contributed by atoms with E-state index < -0.39 is 6.10 Å². The van der Waals surface area contributed by atoms with Crippen molar-refractivity contribution in [1.82, 2.24) is 5.32 Å². The monoisotopic (exact) mass is 283 g/mol. The van der Waals surface area contributed by atoms with E-state index in [9.17, 15) is 9.90 Å². The minimum atomic E-state index is -0.790. The van der Waals surface area contributed by atoms with Crippen LogP contribution < -0.4 is 5.32 Å². The van der Waals surface area contributed by atoms with E-state index in [1.807, 2.05) is 0 Å². The lowest BCUT2D eigenvalue weighted by atomic mass is 10.1. The van der Waals surface area contributed by atoms with Crippen molar-refractivity contribution in [3.8, 4) is 0 Å². The third-order valence-electron chi connectivity index (χ3n) is 3.19. The molecule has 104 valence electrons. The van der Waals surface area contributed by atoms with Crippen molar-refractivity contribution < 1.29 is 14.6 Å². The summed E-state index contributed by atoms with van der Waals surface area (Å²) in [6, 6.07) is 7.07. The van der Waals surface area contributed by atoms with Crippen molar-refractivity contribution in [2.45, 2.75) is 31.5 Å². The van der Waals surface area contributed by atoms with Crippen LogP contribution in [0.4, 0.5) is 0 Å². The van der Waals surface area contributed by atoms with Crippen LogP contribution in [0.15, 0.2) is 24.3 Å². The van der Waals surface area contributed by atoms with E-state index in [0.717, 1.165) is 19.4 Å². The van der Waals surface area contributed by atoms with E-state index in [4.69, 9.17) is 16.3 Å². The van der Waals surface area contributed by atoms with Crippen LogP contribution in [0.25, 0.3) is 0 Å². The highest BCUT2D eigenvalue weighted by atomic mass is 35.5. The van der Waals surface area contributed by atoms with Gasteiger partial charge in [0.25, 0.3) is 0 Å². The summed E-state index contributed by atoms with van der Waals surface area (Å²) in [5.74, 6) is -0.0991. The lowest BCUT2D eigenvalue weighted by Gasteiger charge is -2.14. The van der Waals surface area contributed by atoms with Crippen molar-refractivity contribution in [1.29, 1.82) is 0 Å². The van der Waals surface area contributed by atoms with Gasteiger partial charge in [-0.15, -0.1) is 0 Å². The number of hydrogen-bond acceptors (Lipinski definition) is 3. The molecule has 1 fully saturated rings. The van der Waals surface area contributed by atoms with Gasteiger partial charge in [-0.05, 0) is 18.9 Å². The Labute approximate surface area is 117 Å². The van der Waals surface area contributed by atoms with E-state index in [-0.39, 0.29) is 18.6 Å². The molecule has 1 heterocycles. The Balaban J connectivity index is 1.78. The predicted octanol–water partition coefficient (Wildman–Crippen LogP) is 2.06. The number of rotatable bonds is 5. The maximum atomic E-state index is 11.7. The maximum absolute atomic E-state index is 11.7. The van der Waals surface area contributed by atoms with Gasteiger partial charge in [0.2, 0.25) is 5.91 Å². The summed E-state index contributed by atoms with van der Waals surface area (Å²) in [5.41, 5.74) is 0.626. The quantitative estimate of drug-likeness (QED) is 0.870. The first-order valence-electron chi connectivity index (χ1n) is 6.47. The molecule has 2 unspecified atom stereocenters. The molecule has 0 spiro atoms. The van der Waals surface area contributed by atoms with Gasteiger partial charge in [0.1, 0.15) is 0 Å². The third-order valence-corrected chi connectivity index (χ3v) is 3.54. The van der Waals surface area contributed by atoms with Crippen molar-refractivity contribution >= 4 is 17.5 Å². The molecule has 1 amide bonds. The summed E-state index contributed by atoms with van der Waals surface area (Å²) in [7, 11) is 0. The molecule has 0 radical (unpaired) electrons. The molecule has 1 saturated heterocycles. The van der Waals surface area contributed by atoms with Crippen LogP contribution in [-0.2, 0) is 9.53 Å². The molecule has 19 heavy (non-hydrogen) atoms. The highest BCUT2D eigenvalue weighted by Crippen LogP contribution is 2.22. The molecule has 0 aliphatic carbocycles. The number of carbonyl (C=O) groups is 1. The molecule has 2 atom stereocenters. The van der Waals surface area contributed by atoms with Gasteiger partial charge in [0, 0.05) is 23.7 Å². The molecule has 0 bridgehead atoms. The van der Waals surface area contributed by atoms with Crippen LogP contribution in [0.2, 0.25) is 5.02 Å². The van der Waals surface area contributed by atoms with Crippen molar-refractivity contribution in [3.05, 3.63) is 34.9 Å². The Kier molecular flexibility index (Phi) is 5.19. The molecule has 1 aromatic rings. The maximum Gasteiger partial charge on any atom is 0.222 e. The van der Waals surface area contributed by atoms with E-state index in [0.29, 0.717) is 17.0 Å². The molecule has 2 rings (SSSR count). The van der Waals surface area contributed by atoms with Crippen LogP contribution >= 0.6 is 11.6 Å². The number of nitrogens with one attached hydrogen (secondary N) is 1. The normalized spacial score (nSPS) is 20.2. The number of benzene rings is 1. The largest absolute Gasteiger partial charge is 0.387 e. The summed E-state index contributed by atoms with van der Waals surface area (Å²) < 4.78 is 5.39. The molecule has 1 aromatic carbocycles. The molecule has 1 aliphatic rings. The number of aliphatic hydroxyl groups excluding tert-OH is 1. The molecular formula is C14H18ClNO3. The van der Waals surface area contributed by atoms with Crippen molar-refractivity contribution in [2.75, 3.05) is 13.2 Å². The summed E-state index contributed by atoms with van der Waals surface area (Å²) in [4.78, 5) is 11.7. The topological polar surface area (TPSA) is 58.6 Å². The van der Waals surface area contributed by atoms with Crippen molar-refractivity contribution in [2.24, 2.45) is 0 Å². The van der Waals surface area contributed by atoms with Crippen LogP contribution in [-0.4, -0.2) is 30.3 Å². The Morgan fingerprint density at radius 1 is 1.53 bits per heavy atom. The fourth-order valence-corrected chi connectivity index (χ4v) is 2.41. The molecule has 2 N–H and O–H groups in total. The second-order valence-electron chi connectivity index (χ2n) is 4.68. The van der Waals surface area contributed by atoms with Gasteiger partial charge < -0.3 is 15.2 Å². The number of halogens is 1. The molecule has 5 heteroatoms. The zero-order chi connectivity index (χ0) is 13.7. The van der Waals surface area contributed by atoms with Gasteiger partial charge in [0.05, 0.1) is 18.6 Å². The van der Waals surface area contributed by atoms with Crippen LogP contribution in [0.3, 0.4) is 0 Å². The zero-order valence-electron chi connectivity index (χ0n) is 10.6. The van der Waals surface area contributed by atoms with Gasteiger partial charge in [-0.3, -0.25) is 4.79 Å². The number of carbonyl (C=O) groups excluding carboxylic acids is 1. The minimum absolute atomic E-state index is 0.0254. The standard InChI is InChI=1S/C14H18ClNO3/c15-12-6-2-1-5-11(12)13(17)9-16-14(18)8-10-4-3-7-19-10/h1-2,5-6,10,13,17H,3-4,7-9H2,(H,16,18). The second kappa shape index (κ2) is 6.89. The predicted molar refractivity (Wildman–Crippen MR) is 73.0 cm³/mol. The van der Waals surface area contributed by atoms with Gasteiger partial charge in [-0.1, -0.05) is 29.8 Å². The van der Waals surface area contributed by atoms with Crippen molar-refractivity contribution in [3.63, 3.8) is 0 Å². The molecule has 1 aliphatic heterocycles. The van der Waals surface area contributed by atoms with Crippen LogP contribution in [0.5, 0.6) is 0 Å². The first-order valence-corrected chi connectivity index (χ1v) is 6.85. The smallest absolute Gasteiger partial charge is 0.222 e. The average molecular weight is 284 g/mol. The summed E-state index contributed by atoms with van der Waals surface area (Å²) in [5, 5.41) is 13.2. The van der Waals surface area contributed by atoms with Crippen LogP contribution in [0.1, 0.15) is 30.9 Å². The van der Waals surface area contributed by atoms with E-state index >= 15 is 0 Å². The van der Waals surface area contributed by atoms with E-state index in [1.54, 1.807) is 24.3 Å². The summed E-state index contributed by atoms with van der Waals surface area (Å²) in [6.45, 7) is 0.898. The lowest BCUT2D eigenvalue weighted by Crippen LogP contribution is -2.31. The Hall–Kier alpha value is -1.10. The Morgan fingerprint density at radius 3 is 3.00 bits per heavy atom. The van der Waals surface area contributed by atoms with E-state index in [2.05, 4.69) is 5.32 Å². The highest BCUT2D eigenvalue weighted by Gasteiger charge is 2.19. The number of aliphatic hydroxyl groups is 1. The molecular weight excluding hydrogens is 266 g/mol. The lowest BCUT2D eigenvalue weighted by molar-refractivity contribution is -0.123. The molecule has 0 aromatic heterocycles. The van der Waals surface area contributed by atoms with Gasteiger partial charge in [-0.2, -0.15) is 0 Å². The van der Waals surface area contributed by atoms with Gasteiger partial charge >= 0.3 is 0 Å². The SMILES string of the molecule is O=C(CC1CCCO1)NCC(O)c1ccccc1Cl. The molecule has 0 saturated carbocycles. The summed E-state index contributed by atoms with van der Waals surface area (Å²) in [6.07, 6.45) is 1.54. The summed E-state index contributed by atoms with van der Waals surface area (Å²) >= 11 is 5.98. The first kappa shape index (κ1) is 14.3. The minimum Gasteiger partial charge on any atom is -0.387 e. The zero-order valence-corrected chi connectivity index (χ0v) is 11.4. The third kappa shape index (κ3) is 4.20. The Bertz CT molecular complexity index is 432. The number of hydrogen-bond donors (Lipinski definition) is 2. The fraction of sp³-hybridized carbons (Fsp3) is 0.500. The Morgan fingerprint density at radius 2 is 2.32 bits per heavy atom. The average Bonchev–Trinajstić information content (AvgIpc) is 2.89. The fourth-order valence-electron chi connectivity index (χ4n) is 2.15. The van der Waals surface area contributed by atoms with E-state index in [1.165, 1.54) is 0 Å². The van der Waals surface area contributed by atoms with Crippen LogP contribution in [0, 0.1) is 0 Å². The molecule has 4 nitrogen and oxygen atoms in total. The first-order chi connectivity index (χ1) is 9.16. The van der Waals surface area contributed by atoms with Gasteiger partial charge in [-0.25, -0.2) is 0 Å². The van der Waals surface area contributed by atoms with Gasteiger partial charge in [0.15, 0.2) is 0 Å². The number of amides is 1.